The SMILES string of the molecule is CCCNC1Cc2c(F)c3c(c(O)c2NC1=O)C(=O)C1=C(O)[C@]2(O)C(=O)C(C(N)=O)=C(O)C[C@@H]2C[C@@H]1C3. The number of aliphatic hydroxyl groups is 3. The number of Topliss-reactive ketones (excluding diaryl/α,β-unsaturated/α-hetero) is 2. The van der Waals surface area contributed by atoms with Gasteiger partial charge in [-0.3, -0.25) is 19.2 Å². The number of allylic oxidation sites excluding steroid dienone is 2. The van der Waals surface area contributed by atoms with Gasteiger partial charge < -0.3 is 36.8 Å². The molecule has 0 fully saturated rings. The van der Waals surface area contributed by atoms with Crippen molar-refractivity contribution in [2.75, 3.05) is 11.9 Å². The first-order valence-corrected chi connectivity index (χ1v) is 12.0. The molecule has 4 atom stereocenters. The van der Waals surface area contributed by atoms with Crippen LogP contribution in [-0.2, 0) is 27.2 Å². The molecule has 5 rings (SSSR count). The van der Waals surface area contributed by atoms with Crippen molar-refractivity contribution >= 4 is 29.1 Å². The summed E-state index contributed by atoms with van der Waals surface area (Å²) in [5, 5.41) is 49.0. The Hall–Kier alpha value is -3.77. The summed E-state index contributed by atoms with van der Waals surface area (Å²) in [6, 6.07) is -0.731. The Kier molecular flexibility index (Phi) is 5.64. The van der Waals surface area contributed by atoms with Gasteiger partial charge in [0.2, 0.25) is 11.7 Å². The normalized spacial score (nSPS) is 28.8. The molecule has 3 aliphatic carbocycles. The topological polar surface area (TPSA) is 199 Å². The second-order valence-electron chi connectivity index (χ2n) is 9.98. The Morgan fingerprint density at radius 1 is 1.16 bits per heavy atom. The number of aromatic hydroxyl groups is 1. The van der Waals surface area contributed by atoms with E-state index in [4.69, 9.17) is 5.73 Å². The first-order chi connectivity index (χ1) is 17.4. The molecule has 37 heavy (non-hydrogen) atoms. The number of hydrogen-bond donors (Lipinski definition) is 7. The van der Waals surface area contributed by atoms with Gasteiger partial charge in [0.15, 0.2) is 17.1 Å². The molecule has 0 radical (unpaired) electrons. The number of phenolic OH excluding ortho intramolecular Hbond substituents is 1. The summed E-state index contributed by atoms with van der Waals surface area (Å²) in [7, 11) is 0. The molecule has 12 heteroatoms. The maximum Gasteiger partial charge on any atom is 0.255 e. The van der Waals surface area contributed by atoms with Crippen LogP contribution in [0, 0.1) is 17.7 Å². The number of amides is 2. The van der Waals surface area contributed by atoms with Crippen LogP contribution in [0.3, 0.4) is 0 Å². The maximum absolute atomic E-state index is 15.8. The van der Waals surface area contributed by atoms with Gasteiger partial charge in [-0.05, 0) is 31.7 Å². The predicted molar refractivity (Wildman–Crippen MR) is 125 cm³/mol. The van der Waals surface area contributed by atoms with Gasteiger partial charge in [-0.2, -0.15) is 0 Å². The highest BCUT2D eigenvalue weighted by atomic mass is 19.1. The van der Waals surface area contributed by atoms with Gasteiger partial charge in [0.05, 0.1) is 17.3 Å². The Bertz CT molecular complexity index is 1370. The third-order valence-corrected chi connectivity index (χ3v) is 7.88. The molecular formula is C25H26FN3O8. The molecule has 8 N–H and O–H groups in total. The van der Waals surface area contributed by atoms with Crippen molar-refractivity contribution < 1.29 is 44.0 Å². The van der Waals surface area contributed by atoms with E-state index in [1.54, 1.807) is 0 Å². The zero-order chi connectivity index (χ0) is 27.0. The fourth-order valence-electron chi connectivity index (χ4n) is 6.08. The van der Waals surface area contributed by atoms with Crippen LogP contribution in [0.5, 0.6) is 5.75 Å². The maximum atomic E-state index is 15.8. The standard InChI is InChI=1S/C25H26FN3O8/c1-2-3-28-12-7-11-17(26)10-5-8-4-9-6-13(30)16(23(27)35)22(34)25(9,37)21(33)14(8)19(31)15(10)20(32)18(11)29-24(12)36/h8-9,12,28,30,32-33,37H,2-7H2,1H3,(H2,27,35)(H,29,36)/t8-,9+,12?,25+/m1/s1. The third kappa shape index (κ3) is 3.32. The van der Waals surface area contributed by atoms with Gasteiger partial charge in [-0.1, -0.05) is 6.92 Å². The van der Waals surface area contributed by atoms with Crippen LogP contribution < -0.4 is 16.4 Å². The quantitative estimate of drug-likeness (QED) is 0.221. The average Bonchev–Trinajstić information content (AvgIpc) is 2.83. The van der Waals surface area contributed by atoms with Crippen LogP contribution >= 0.6 is 0 Å². The van der Waals surface area contributed by atoms with Gasteiger partial charge in [-0.25, -0.2) is 4.39 Å². The first-order valence-electron chi connectivity index (χ1n) is 12.0. The second kappa shape index (κ2) is 8.38. The predicted octanol–water partition coefficient (Wildman–Crippen LogP) is 0.582. The molecule has 0 bridgehead atoms. The average molecular weight is 515 g/mol. The fraction of sp³-hybridized carbons (Fsp3) is 0.440. The number of phenols is 1. The number of nitrogens with one attached hydrogen (secondary N) is 2. The minimum Gasteiger partial charge on any atom is -0.511 e. The summed E-state index contributed by atoms with van der Waals surface area (Å²) in [6.07, 6.45) is 0.0704. The number of halogens is 1. The van der Waals surface area contributed by atoms with Gasteiger partial charge in [0.25, 0.3) is 5.91 Å². The van der Waals surface area contributed by atoms with Gasteiger partial charge >= 0.3 is 0 Å². The summed E-state index contributed by atoms with van der Waals surface area (Å²) in [6.45, 7) is 2.42. The molecule has 0 aromatic heterocycles. The summed E-state index contributed by atoms with van der Waals surface area (Å²) >= 11 is 0. The Morgan fingerprint density at radius 2 is 1.86 bits per heavy atom. The van der Waals surface area contributed by atoms with Gasteiger partial charge in [-0.15, -0.1) is 0 Å². The van der Waals surface area contributed by atoms with Crippen molar-refractivity contribution in [1.29, 1.82) is 0 Å². The lowest BCUT2D eigenvalue weighted by Crippen LogP contribution is -2.57. The van der Waals surface area contributed by atoms with Crippen molar-refractivity contribution in [2.45, 2.75) is 50.7 Å². The van der Waals surface area contributed by atoms with Crippen molar-refractivity contribution in [3.8, 4) is 5.75 Å². The van der Waals surface area contributed by atoms with E-state index in [-0.39, 0.29) is 42.5 Å². The molecular weight excluding hydrogens is 489 g/mol. The molecule has 0 saturated heterocycles. The summed E-state index contributed by atoms with van der Waals surface area (Å²) < 4.78 is 15.8. The lowest BCUT2D eigenvalue weighted by molar-refractivity contribution is -0.144. The molecule has 4 aliphatic rings. The number of benzene rings is 1. The second-order valence-corrected chi connectivity index (χ2v) is 9.98. The smallest absolute Gasteiger partial charge is 0.255 e. The van der Waals surface area contributed by atoms with E-state index in [0.29, 0.717) is 6.54 Å². The van der Waals surface area contributed by atoms with Crippen molar-refractivity contribution in [2.24, 2.45) is 17.6 Å². The number of anilines is 1. The highest BCUT2D eigenvalue weighted by molar-refractivity contribution is 6.24. The lowest BCUT2D eigenvalue weighted by Gasteiger charge is -2.45. The van der Waals surface area contributed by atoms with Crippen LogP contribution in [-0.4, -0.2) is 62.0 Å². The number of carbonyl (C=O) groups excluding carboxylic acids is 4. The summed E-state index contributed by atoms with van der Waals surface area (Å²) in [5.41, 5.74) is 0.427. The van der Waals surface area contributed by atoms with Gasteiger partial charge in [0.1, 0.15) is 22.9 Å². The molecule has 1 aromatic carbocycles. The van der Waals surface area contributed by atoms with Crippen LogP contribution in [0.1, 0.15) is 47.7 Å². The van der Waals surface area contributed by atoms with E-state index in [1.807, 2.05) is 6.92 Å². The van der Waals surface area contributed by atoms with Crippen molar-refractivity contribution in [3.05, 3.63) is 45.2 Å². The highest BCUT2D eigenvalue weighted by Gasteiger charge is 2.60. The van der Waals surface area contributed by atoms with E-state index in [9.17, 15) is 39.6 Å². The van der Waals surface area contributed by atoms with E-state index in [0.717, 1.165) is 6.42 Å². The number of fused-ring (bicyclic) bond motifs is 4. The number of ketones is 2. The van der Waals surface area contributed by atoms with E-state index >= 15 is 4.39 Å². The number of aliphatic hydroxyl groups excluding tert-OH is 2. The Morgan fingerprint density at radius 3 is 2.51 bits per heavy atom. The molecule has 1 heterocycles. The minimum absolute atomic E-state index is 0.0424. The summed E-state index contributed by atoms with van der Waals surface area (Å²) in [4.78, 5) is 50.8. The van der Waals surface area contributed by atoms with E-state index < -0.39 is 86.7 Å². The molecule has 1 unspecified atom stereocenters. The highest BCUT2D eigenvalue weighted by Crippen LogP contribution is 2.53. The Labute approximate surface area is 209 Å². The zero-order valence-corrected chi connectivity index (χ0v) is 19.9. The Balaban J connectivity index is 1.63. The molecule has 1 aliphatic heterocycles. The zero-order valence-electron chi connectivity index (χ0n) is 19.9. The number of hydrogen-bond acceptors (Lipinski definition) is 9. The number of primary amides is 1. The summed E-state index contributed by atoms with van der Waals surface area (Å²) in [5.74, 6) is -9.21. The fourth-order valence-corrected chi connectivity index (χ4v) is 6.08. The minimum atomic E-state index is -2.70. The third-order valence-electron chi connectivity index (χ3n) is 7.88. The van der Waals surface area contributed by atoms with Gasteiger partial charge in [0, 0.05) is 35.5 Å². The molecule has 0 spiro atoms. The van der Waals surface area contributed by atoms with E-state index in [1.165, 1.54) is 0 Å². The number of nitrogens with two attached hydrogens (primary N) is 1. The molecule has 0 saturated carbocycles. The molecule has 2 amide bonds. The van der Waals surface area contributed by atoms with Crippen LogP contribution in [0.25, 0.3) is 0 Å². The molecule has 11 nitrogen and oxygen atoms in total. The largest absolute Gasteiger partial charge is 0.511 e. The van der Waals surface area contributed by atoms with Crippen LogP contribution in [0.15, 0.2) is 22.7 Å². The number of carbonyl (C=O) groups is 4. The first kappa shape index (κ1) is 24.9. The van der Waals surface area contributed by atoms with Crippen molar-refractivity contribution in [1.82, 2.24) is 5.32 Å². The van der Waals surface area contributed by atoms with Crippen LogP contribution in [0.2, 0.25) is 0 Å². The van der Waals surface area contributed by atoms with Crippen LogP contribution in [0.4, 0.5) is 10.1 Å². The van der Waals surface area contributed by atoms with Crippen molar-refractivity contribution in [3.63, 3.8) is 0 Å². The molecule has 1 aromatic rings. The van der Waals surface area contributed by atoms with E-state index in [2.05, 4.69) is 10.6 Å². The molecule has 196 valence electrons. The number of rotatable bonds is 4. The lowest BCUT2D eigenvalue weighted by atomic mass is 9.60. The monoisotopic (exact) mass is 515 g/mol.